The Labute approximate surface area is 234 Å². The highest BCUT2D eigenvalue weighted by Crippen LogP contribution is 2.37. The molecule has 0 spiro atoms. The third-order valence-corrected chi connectivity index (χ3v) is 13.9. The van der Waals surface area contributed by atoms with Crippen LogP contribution in [0.25, 0.3) is 5.69 Å². The highest BCUT2D eigenvalue weighted by Gasteiger charge is 2.39. The predicted octanol–water partition coefficient (Wildman–Crippen LogP) is 5.11. The van der Waals surface area contributed by atoms with Gasteiger partial charge in [0.15, 0.2) is 8.32 Å². The van der Waals surface area contributed by atoms with Crippen LogP contribution in [0.3, 0.4) is 0 Å². The second kappa shape index (κ2) is 12.1. The number of carbonyl (C=O) groups excluding carboxylic acids is 1. The molecule has 1 saturated heterocycles. The van der Waals surface area contributed by atoms with Gasteiger partial charge >= 0.3 is 6.09 Å². The molecule has 1 aromatic carbocycles. The average Bonchev–Trinajstić information content (AvgIpc) is 3.33. The van der Waals surface area contributed by atoms with Crippen LogP contribution in [0.5, 0.6) is 0 Å². The highest BCUT2D eigenvalue weighted by atomic mass is 32.2. The van der Waals surface area contributed by atoms with E-state index in [2.05, 4.69) is 49.4 Å². The van der Waals surface area contributed by atoms with Crippen LogP contribution in [0.1, 0.15) is 60.8 Å². The molecule has 0 bridgehead atoms. The Morgan fingerprint density at radius 3 is 2.33 bits per heavy atom. The number of hydrogen-bond acceptors (Lipinski definition) is 8. The summed E-state index contributed by atoms with van der Waals surface area (Å²) in [4.78, 5) is 14.6. The van der Waals surface area contributed by atoms with Crippen LogP contribution < -0.4 is 0 Å². The normalized spacial score (nSPS) is 19.2. The summed E-state index contributed by atoms with van der Waals surface area (Å²) >= 11 is 0. The van der Waals surface area contributed by atoms with Crippen LogP contribution in [0.4, 0.5) is 4.79 Å². The number of tetrazole rings is 1. The maximum absolute atomic E-state index is 13.4. The van der Waals surface area contributed by atoms with Gasteiger partial charge in [0.05, 0.1) is 11.4 Å². The molecule has 1 fully saturated rings. The van der Waals surface area contributed by atoms with Gasteiger partial charge in [-0.15, -0.1) is 0 Å². The summed E-state index contributed by atoms with van der Waals surface area (Å²) in [6, 6.07) is 8.99. The Hall–Kier alpha value is -2.31. The molecule has 1 aromatic heterocycles. The summed E-state index contributed by atoms with van der Waals surface area (Å²) in [5, 5.41) is 11.3. The maximum Gasteiger partial charge on any atom is 0.410 e. The van der Waals surface area contributed by atoms with Gasteiger partial charge in [-0.3, -0.25) is 0 Å². The van der Waals surface area contributed by atoms with Crippen LogP contribution >= 0.6 is 0 Å². The molecule has 3 rings (SSSR count). The lowest BCUT2D eigenvalue weighted by molar-refractivity contribution is 0.00774. The van der Waals surface area contributed by atoms with Crippen LogP contribution in [0, 0.1) is 11.8 Å². The molecule has 2 atom stereocenters. The molecule has 1 aliphatic rings. The second-order valence-corrected chi connectivity index (χ2v) is 19.8. The number of aromatic nitrogens is 4. The van der Waals surface area contributed by atoms with Gasteiger partial charge in [0.2, 0.25) is 9.84 Å². The first-order valence-electron chi connectivity index (χ1n) is 13.7. The molecular weight excluding hydrogens is 534 g/mol. The molecule has 0 unspecified atom stereocenters. The van der Waals surface area contributed by atoms with E-state index in [9.17, 15) is 13.2 Å². The van der Waals surface area contributed by atoms with Crippen molar-refractivity contribution in [2.24, 2.45) is 11.8 Å². The van der Waals surface area contributed by atoms with Gasteiger partial charge in [-0.05, 0) is 92.6 Å². The van der Waals surface area contributed by atoms with Crippen LogP contribution in [-0.4, -0.2) is 79.0 Å². The topological polar surface area (TPSA) is 117 Å². The number of piperidine rings is 1. The first-order valence-corrected chi connectivity index (χ1v) is 18.2. The number of sulfone groups is 1. The van der Waals surface area contributed by atoms with Gasteiger partial charge in [0, 0.05) is 19.7 Å². The van der Waals surface area contributed by atoms with E-state index in [4.69, 9.17) is 9.16 Å². The number of rotatable bonds is 9. The summed E-state index contributed by atoms with van der Waals surface area (Å²) in [5.74, 6) is 0.135. The quantitative estimate of drug-likeness (QED) is 0.376. The molecule has 0 saturated carbocycles. The predicted molar refractivity (Wildman–Crippen MR) is 153 cm³/mol. The number of para-hydroxylation sites is 1. The van der Waals surface area contributed by atoms with Crippen molar-refractivity contribution in [3.8, 4) is 5.69 Å². The lowest BCUT2D eigenvalue weighted by Crippen LogP contribution is -2.47. The fourth-order valence-corrected chi connectivity index (χ4v) is 6.89. The molecule has 1 amide bonds. The van der Waals surface area contributed by atoms with Crippen molar-refractivity contribution in [1.29, 1.82) is 0 Å². The minimum absolute atomic E-state index is 0.0725. The largest absolute Gasteiger partial charge is 0.444 e. The third kappa shape index (κ3) is 8.34. The number of likely N-dealkylation sites (tertiary alicyclic amines) is 1. The Morgan fingerprint density at radius 1 is 1.05 bits per heavy atom. The lowest BCUT2D eigenvalue weighted by Gasteiger charge is -2.40. The Balaban J connectivity index is 1.73. The summed E-state index contributed by atoms with van der Waals surface area (Å²) in [6.07, 6.45) is 1.57. The smallest absolute Gasteiger partial charge is 0.410 e. The highest BCUT2D eigenvalue weighted by molar-refractivity contribution is 7.91. The zero-order valence-electron chi connectivity index (χ0n) is 24.7. The SMILES string of the molecule is CC(C)(C)OC(=O)N1CC[C@@H](CCS(=O)(=O)c2nnnn2-c2ccccc2)[C@@H](CCO[Si](C)(C)C(C)(C)C)C1. The van der Waals surface area contributed by atoms with Crippen LogP contribution in [0.2, 0.25) is 18.1 Å². The summed E-state index contributed by atoms with van der Waals surface area (Å²) in [6.45, 7) is 18.3. The molecular formula is C27H45N5O5SSi. The zero-order chi connectivity index (χ0) is 29.1. The van der Waals surface area contributed by atoms with Gasteiger partial charge in [0.1, 0.15) is 5.60 Å². The van der Waals surface area contributed by atoms with Crippen molar-refractivity contribution in [3.63, 3.8) is 0 Å². The second-order valence-electron chi connectivity index (χ2n) is 12.9. The first kappa shape index (κ1) is 31.2. The van der Waals surface area contributed by atoms with Gasteiger partial charge in [-0.2, -0.15) is 4.68 Å². The van der Waals surface area contributed by atoms with E-state index in [1.54, 1.807) is 17.0 Å². The fraction of sp³-hybridized carbons (Fsp3) is 0.704. The Kier molecular flexibility index (Phi) is 9.65. The number of amides is 1. The minimum atomic E-state index is -3.74. The van der Waals surface area contributed by atoms with E-state index in [-0.39, 0.29) is 33.9 Å². The molecule has 39 heavy (non-hydrogen) atoms. The molecule has 2 heterocycles. The third-order valence-electron chi connectivity index (χ3n) is 7.78. The van der Waals surface area contributed by atoms with E-state index in [1.807, 2.05) is 39.0 Å². The first-order chi connectivity index (χ1) is 18.0. The van der Waals surface area contributed by atoms with E-state index < -0.39 is 23.8 Å². The summed E-state index contributed by atoms with van der Waals surface area (Å²) in [7, 11) is -5.67. The van der Waals surface area contributed by atoms with Crippen molar-refractivity contribution in [1.82, 2.24) is 25.1 Å². The molecule has 10 nitrogen and oxygen atoms in total. The van der Waals surface area contributed by atoms with Crippen molar-refractivity contribution in [2.75, 3.05) is 25.4 Å². The molecule has 2 aromatic rings. The van der Waals surface area contributed by atoms with Crippen molar-refractivity contribution >= 4 is 24.2 Å². The maximum atomic E-state index is 13.4. The molecule has 12 heteroatoms. The van der Waals surface area contributed by atoms with E-state index in [0.717, 1.165) is 6.42 Å². The van der Waals surface area contributed by atoms with E-state index in [1.165, 1.54) is 4.68 Å². The fourth-order valence-electron chi connectivity index (χ4n) is 4.46. The molecule has 0 aliphatic carbocycles. The Bertz CT molecular complexity index is 1210. The van der Waals surface area contributed by atoms with Crippen LogP contribution in [0.15, 0.2) is 35.5 Å². The number of carbonyl (C=O) groups is 1. The lowest BCUT2D eigenvalue weighted by atomic mass is 9.82. The number of benzene rings is 1. The van der Waals surface area contributed by atoms with E-state index in [0.29, 0.717) is 38.2 Å². The van der Waals surface area contributed by atoms with Crippen molar-refractivity contribution in [3.05, 3.63) is 30.3 Å². The van der Waals surface area contributed by atoms with E-state index >= 15 is 0 Å². The number of hydrogen-bond donors (Lipinski definition) is 0. The average molecular weight is 580 g/mol. The zero-order valence-corrected chi connectivity index (χ0v) is 26.5. The van der Waals surface area contributed by atoms with Gasteiger partial charge < -0.3 is 14.1 Å². The minimum Gasteiger partial charge on any atom is -0.444 e. The standard InChI is InChI=1S/C27H45N5O5SSi/c1-26(2,3)37-25(33)31-17-14-21(22(20-31)15-18-36-39(7,8)27(4,5)6)16-19-38(34,35)24-28-29-30-32(24)23-12-10-9-11-13-23/h9-13,21-22H,14-20H2,1-8H3/t21-,22-/m0/s1. The van der Waals surface area contributed by atoms with Gasteiger partial charge in [0.25, 0.3) is 5.16 Å². The number of ether oxygens (including phenoxy) is 1. The Morgan fingerprint density at radius 2 is 1.72 bits per heavy atom. The van der Waals surface area contributed by atoms with Gasteiger partial charge in [-0.25, -0.2) is 13.2 Å². The molecule has 0 radical (unpaired) electrons. The van der Waals surface area contributed by atoms with Crippen molar-refractivity contribution < 1.29 is 22.4 Å². The monoisotopic (exact) mass is 579 g/mol. The van der Waals surface area contributed by atoms with Crippen molar-refractivity contribution in [2.45, 2.75) is 89.7 Å². The molecule has 218 valence electrons. The summed E-state index contributed by atoms with van der Waals surface area (Å²) < 4.78 is 40.0. The summed E-state index contributed by atoms with van der Waals surface area (Å²) in [5.41, 5.74) is 0.0125. The molecule has 0 N–H and O–H groups in total. The number of nitrogens with zero attached hydrogens (tertiary/aromatic N) is 5. The molecule has 1 aliphatic heterocycles. The van der Waals surface area contributed by atoms with Crippen LogP contribution in [-0.2, 0) is 19.0 Å². The van der Waals surface area contributed by atoms with Gasteiger partial charge in [-0.1, -0.05) is 44.1 Å².